The van der Waals surface area contributed by atoms with Crippen LogP contribution in [0.3, 0.4) is 0 Å². The van der Waals surface area contributed by atoms with Crippen molar-refractivity contribution in [2.45, 2.75) is 25.7 Å². The van der Waals surface area contributed by atoms with Gasteiger partial charge in [-0.2, -0.15) is 0 Å². The number of aliphatic hydroxyl groups excluding tert-OH is 1. The largest absolute Gasteiger partial charge is 0.396 e. The van der Waals surface area contributed by atoms with Crippen molar-refractivity contribution in [3.8, 4) is 0 Å². The summed E-state index contributed by atoms with van der Waals surface area (Å²) in [7, 11) is 0. The zero-order valence-corrected chi connectivity index (χ0v) is 7.05. The first-order chi connectivity index (χ1) is 5.35. The molecule has 0 spiro atoms. The predicted molar refractivity (Wildman–Crippen MR) is 44.4 cm³/mol. The van der Waals surface area contributed by atoms with Gasteiger partial charge in [-0.05, 0) is 32.4 Å². The zero-order chi connectivity index (χ0) is 7.73. The van der Waals surface area contributed by atoms with Crippen LogP contribution >= 0.6 is 0 Å². The maximum atomic E-state index is 9.27. The molecule has 2 rings (SSSR count). The fourth-order valence-electron chi connectivity index (χ4n) is 2.47. The van der Waals surface area contributed by atoms with Crippen molar-refractivity contribution >= 4 is 0 Å². The minimum Gasteiger partial charge on any atom is -0.396 e. The third-order valence-corrected chi connectivity index (χ3v) is 3.28. The third kappa shape index (κ3) is 1.30. The first-order valence-corrected chi connectivity index (χ1v) is 4.68. The van der Waals surface area contributed by atoms with Crippen LogP contribution in [0.5, 0.6) is 0 Å². The Morgan fingerprint density at radius 2 is 2.09 bits per heavy atom. The molecule has 2 unspecified atom stereocenters. The van der Waals surface area contributed by atoms with Gasteiger partial charge in [0.15, 0.2) is 0 Å². The van der Waals surface area contributed by atoms with Gasteiger partial charge in [-0.15, -0.1) is 0 Å². The Balaban J connectivity index is 2.08. The molecule has 2 aliphatic heterocycles. The summed E-state index contributed by atoms with van der Waals surface area (Å²) < 4.78 is 0. The summed E-state index contributed by atoms with van der Waals surface area (Å²) in [5, 5.41) is 9.27. The molecule has 0 aromatic rings. The van der Waals surface area contributed by atoms with Gasteiger partial charge < -0.3 is 10.0 Å². The van der Waals surface area contributed by atoms with Crippen molar-refractivity contribution in [2.24, 2.45) is 5.41 Å². The van der Waals surface area contributed by atoms with E-state index in [1.54, 1.807) is 0 Å². The first kappa shape index (κ1) is 7.56. The van der Waals surface area contributed by atoms with Crippen LogP contribution in [0.25, 0.3) is 0 Å². The minimum absolute atomic E-state index is 0.302. The maximum Gasteiger partial charge on any atom is 0.0500 e. The lowest BCUT2D eigenvalue weighted by atomic mass is 9.83. The highest BCUT2D eigenvalue weighted by atomic mass is 16.3. The summed E-state index contributed by atoms with van der Waals surface area (Å²) in [6.45, 7) is 4.05. The van der Waals surface area contributed by atoms with Crippen molar-refractivity contribution in [1.29, 1.82) is 0 Å². The fourth-order valence-corrected chi connectivity index (χ4v) is 2.47. The Morgan fingerprint density at radius 1 is 1.18 bits per heavy atom. The molecule has 0 amide bonds. The van der Waals surface area contributed by atoms with Crippen LogP contribution in [0.1, 0.15) is 25.7 Å². The second-order valence-electron chi connectivity index (χ2n) is 4.14. The molecular weight excluding hydrogens is 138 g/mol. The second-order valence-corrected chi connectivity index (χ2v) is 4.14. The Kier molecular flexibility index (Phi) is 1.90. The van der Waals surface area contributed by atoms with Gasteiger partial charge in [-0.1, -0.05) is 6.42 Å². The number of nitrogens with zero attached hydrogens (tertiary/aromatic N) is 1. The summed E-state index contributed by atoms with van der Waals surface area (Å²) >= 11 is 0. The van der Waals surface area contributed by atoms with Crippen LogP contribution in [0.4, 0.5) is 0 Å². The average Bonchev–Trinajstić information content (AvgIpc) is 2.28. The van der Waals surface area contributed by atoms with Crippen LogP contribution in [-0.4, -0.2) is 36.2 Å². The van der Waals surface area contributed by atoms with E-state index in [1.807, 2.05) is 0 Å². The van der Waals surface area contributed by atoms with Gasteiger partial charge in [0.2, 0.25) is 0 Å². The normalized spacial score (nSPS) is 43.9. The van der Waals surface area contributed by atoms with Crippen LogP contribution in [0.2, 0.25) is 0 Å². The van der Waals surface area contributed by atoms with E-state index in [1.165, 1.54) is 38.8 Å². The molecule has 0 saturated carbocycles. The van der Waals surface area contributed by atoms with E-state index in [0.29, 0.717) is 12.0 Å². The molecule has 11 heavy (non-hydrogen) atoms. The van der Waals surface area contributed by atoms with E-state index < -0.39 is 0 Å². The average molecular weight is 155 g/mol. The molecule has 0 aromatic heterocycles. The molecule has 64 valence electrons. The molecule has 0 aliphatic carbocycles. The molecular formula is C9H17NO. The van der Waals surface area contributed by atoms with Crippen molar-refractivity contribution in [3.63, 3.8) is 0 Å². The lowest BCUT2D eigenvalue weighted by Gasteiger charge is -2.24. The second kappa shape index (κ2) is 2.76. The Hall–Kier alpha value is -0.0800. The van der Waals surface area contributed by atoms with Gasteiger partial charge in [0.25, 0.3) is 0 Å². The van der Waals surface area contributed by atoms with Crippen molar-refractivity contribution in [1.82, 2.24) is 4.90 Å². The van der Waals surface area contributed by atoms with Crippen molar-refractivity contribution < 1.29 is 5.11 Å². The van der Waals surface area contributed by atoms with E-state index >= 15 is 0 Å². The van der Waals surface area contributed by atoms with Crippen LogP contribution in [-0.2, 0) is 0 Å². The number of aliphatic hydroxyl groups is 1. The Morgan fingerprint density at radius 3 is 2.91 bits per heavy atom. The molecule has 2 fully saturated rings. The molecule has 2 atom stereocenters. The standard InChI is InChI=1S/C9H17NO/c11-8-9-3-1-2-5-10(7-9)6-4-9/h11H,1-8H2. The predicted octanol–water partition coefficient (Wildman–Crippen LogP) is 0.855. The van der Waals surface area contributed by atoms with Gasteiger partial charge in [-0.25, -0.2) is 0 Å². The molecule has 2 nitrogen and oxygen atoms in total. The van der Waals surface area contributed by atoms with E-state index in [2.05, 4.69) is 4.90 Å². The Bertz CT molecular complexity index is 148. The Labute approximate surface area is 68.2 Å². The molecule has 2 saturated heterocycles. The highest BCUT2D eigenvalue weighted by molar-refractivity contribution is 4.91. The van der Waals surface area contributed by atoms with E-state index in [4.69, 9.17) is 0 Å². The molecule has 1 N–H and O–H groups in total. The van der Waals surface area contributed by atoms with Crippen LogP contribution in [0, 0.1) is 5.41 Å². The fraction of sp³-hybridized carbons (Fsp3) is 1.00. The summed E-state index contributed by atoms with van der Waals surface area (Å²) in [5.41, 5.74) is 0.302. The quantitative estimate of drug-likeness (QED) is 0.607. The van der Waals surface area contributed by atoms with Crippen LogP contribution < -0.4 is 0 Å². The van der Waals surface area contributed by atoms with Gasteiger partial charge >= 0.3 is 0 Å². The summed E-state index contributed by atoms with van der Waals surface area (Å²) in [6, 6.07) is 0. The SMILES string of the molecule is OCC12CCCCN(CC1)C2. The molecule has 2 heterocycles. The van der Waals surface area contributed by atoms with Gasteiger partial charge in [0.05, 0.1) is 0 Å². The lowest BCUT2D eigenvalue weighted by Crippen LogP contribution is -2.28. The van der Waals surface area contributed by atoms with E-state index in [-0.39, 0.29) is 0 Å². The van der Waals surface area contributed by atoms with Crippen LogP contribution in [0.15, 0.2) is 0 Å². The minimum atomic E-state index is 0.302. The van der Waals surface area contributed by atoms with Crippen molar-refractivity contribution in [3.05, 3.63) is 0 Å². The topological polar surface area (TPSA) is 23.5 Å². The molecule has 0 aromatic carbocycles. The van der Waals surface area contributed by atoms with E-state index in [0.717, 1.165) is 6.54 Å². The zero-order valence-electron chi connectivity index (χ0n) is 7.05. The first-order valence-electron chi connectivity index (χ1n) is 4.68. The highest BCUT2D eigenvalue weighted by Gasteiger charge is 2.38. The molecule has 2 heteroatoms. The molecule has 0 radical (unpaired) electrons. The summed E-state index contributed by atoms with van der Waals surface area (Å²) in [4.78, 5) is 2.50. The summed E-state index contributed by atoms with van der Waals surface area (Å²) in [6.07, 6.45) is 5.13. The molecule has 2 aliphatic rings. The van der Waals surface area contributed by atoms with Gasteiger partial charge in [0.1, 0.15) is 0 Å². The smallest absolute Gasteiger partial charge is 0.0500 e. The maximum absolute atomic E-state index is 9.27. The number of rotatable bonds is 1. The highest BCUT2D eigenvalue weighted by Crippen LogP contribution is 2.37. The van der Waals surface area contributed by atoms with Gasteiger partial charge in [0, 0.05) is 18.6 Å². The van der Waals surface area contributed by atoms with Crippen molar-refractivity contribution in [2.75, 3.05) is 26.2 Å². The lowest BCUT2D eigenvalue weighted by molar-refractivity contribution is 0.127. The number of hydrogen-bond donors (Lipinski definition) is 1. The number of fused-ring (bicyclic) bond motifs is 2. The monoisotopic (exact) mass is 155 g/mol. The molecule has 2 bridgehead atoms. The number of hydrogen-bond acceptors (Lipinski definition) is 2. The van der Waals surface area contributed by atoms with E-state index in [9.17, 15) is 5.11 Å². The third-order valence-electron chi connectivity index (χ3n) is 3.28. The summed E-state index contributed by atoms with van der Waals surface area (Å²) in [5.74, 6) is 0. The van der Waals surface area contributed by atoms with Gasteiger partial charge in [-0.3, -0.25) is 0 Å².